The van der Waals surface area contributed by atoms with Crippen molar-refractivity contribution in [2.24, 2.45) is 0 Å². The van der Waals surface area contributed by atoms with Crippen molar-refractivity contribution >= 4 is 34.2 Å². The third-order valence-electron chi connectivity index (χ3n) is 3.99. The van der Waals surface area contributed by atoms with Gasteiger partial charge in [-0.15, -0.1) is 12.4 Å². The number of nitrogens with zero attached hydrogens (tertiary/aromatic N) is 1. The van der Waals surface area contributed by atoms with Crippen molar-refractivity contribution < 1.29 is 9.53 Å². The van der Waals surface area contributed by atoms with Crippen LogP contribution >= 0.6 is 28.3 Å². The summed E-state index contributed by atoms with van der Waals surface area (Å²) < 4.78 is 6.51. The number of rotatable bonds is 2. The van der Waals surface area contributed by atoms with Gasteiger partial charge in [0.1, 0.15) is 0 Å². The second-order valence-electron chi connectivity index (χ2n) is 5.37. The number of hydrogen-bond donors (Lipinski definition) is 1. The van der Waals surface area contributed by atoms with E-state index in [2.05, 4.69) is 33.4 Å². The van der Waals surface area contributed by atoms with Crippen LogP contribution in [0.2, 0.25) is 0 Å². The summed E-state index contributed by atoms with van der Waals surface area (Å²) in [5, 5.41) is 3.34. The zero-order valence-electron chi connectivity index (χ0n) is 11.8. The summed E-state index contributed by atoms with van der Waals surface area (Å²) in [6, 6.07) is 6.42. The molecule has 3 rings (SSSR count). The summed E-state index contributed by atoms with van der Waals surface area (Å²) in [5.74, 6) is 0.217. The highest BCUT2D eigenvalue weighted by molar-refractivity contribution is 9.10. The Kier molecular flexibility index (Phi) is 6.05. The van der Waals surface area contributed by atoms with Crippen LogP contribution in [0.3, 0.4) is 0 Å². The van der Waals surface area contributed by atoms with Gasteiger partial charge >= 0.3 is 0 Å². The molecular weight excluding hydrogens is 356 g/mol. The smallest absolute Gasteiger partial charge is 0.224 e. The zero-order chi connectivity index (χ0) is 13.9. The number of nitrogens with one attached hydrogen (secondary N) is 1. The molecule has 21 heavy (non-hydrogen) atoms. The fourth-order valence-electron chi connectivity index (χ4n) is 2.84. The molecule has 0 aromatic heterocycles. The quantitative estimate of drug-likeness (QED) is 0.861. The van der Waals surface area contributed by atoms with Crippen LogP contribution in [-0.4, -0.2) is 43.2 Å². The Labute approximate surface area is 139 Å². The molecule has 0 bridgehead atoms. The number of morpholine rings is 1. The molecule has 1 unspecified atom stereocenters. The Bertz CT molecular complexity index is 506. The first-order valence-corrected chi connectivity index (χ1v) is 7.88. The number of halogens is 2. The summed E-state index contributed by atoms with van der Waals surface area (Å²) in [6.07, 6.45) is 1.47. The van der Waals surface area contributed by atoms with E-state index in [1.807, 2.05) is 11.0 Å². The molecular formula is C15H20BrClN2O2. The van der Waals surface area contributed by atoms with Gasteiger partial charge in [0.2, 0.25) is 5.91 Å². The maximum absolute atomic E-state index is 12.4. The van der Waals surface area contributed by atoms with Crippen LogP contribution in [0.25, 0.3) is 0 Å². The number of hydrogen-bond acceptors (Lipinski definition) is 3. The molecule has 1 saturated heterocycles. The molecule has 1 N–H and O–H groups in total. The third kappa shape index (κ3) is 3.97. The number of ether oxygens (including phenoxy) is 1. The Morgan fingerprint density at radius 3 is 3.10 bits per heavy atom. The van der Waals surface area contributed by atoms with Crippen LogP contribution in [0.1, 0.15) is 17.5 Å². The van der Waals surface area contributed by atoms with Crippen LogP contribution < -0.4 is 5.32 Å². The molecule has 6 heteroatoms. The van der Waals surface area contributed by atoms with Gasteiger partial charge in [-0.1, -0.05) is 28.1 Å². The lowest BCUT2D eigenvalue weighted by Crippen LogP contribution is -2.46. The summed E-state index contributed by atoms with van der Waals surface area (Å²) in [5.41, 5.74) is 2.60. The maximum atomic E-state index is 12.4. The van der Waals surface area contributed by atoms with Crippen molar-refractivity contribution in [1.82, 2.24) is 10.2 Å². The number of benzene rings is 1. The Morgan fingerprint density at radius 2 is 2.33 bits per heavy atom. The molecule has 1 amide bonds. The summed E-state index contributed by atoms with van der Waals surface area (Å²) in [6.45, 7) is 3.75. The molecule has 4 nitrogen and oxygen atoms in total. The lowest BCUT2D eigenvalue weighted by atomic mass is 9.99. The van der Waals surface area contributed by atoms with E-state index in [1.54, 1.807) is 0 Å². The van der Waals surface area contributed by atoms with Gasteiger partial charge in [-0.05, 0) is 23.6 Å². The van der Waals surface area contributed by atoms with E-state index in [4.69, 9.17) is 4.74 Å². The first kappa shape index (κ1) is 16.7. The lowest BCUT2D eigenvalue weighted by Gasteiger charge is -2.31. The van der Waals surface area contributed by atoms with E-state index in [0.717, 1.165) is 30.6 Å². The van der Waals surface area contributed by atoms with E-state index in [0.29, 0.717) is 19.6 Å². The molecule has 1 fully saturated rings. The minimum absolute atomic E-state index is 0. The van der Waals surface area contributed by atoms with Crippen LogP contribution in [0.5, 0.6) is 0 Å². The van der Waals surface area contributed by atoms with Crippen molar-refractivity contribution in [3.63, 3.8) is 0 Å². The maximum Gasteiger partial charge on any atom is 0.224 e. The van der Waals surface area contributed by atoms with Gasteiger partial charge in [0.25, 0.3) is 0 Å². The highest BCUT2D eigenvalue weighted by atomic mass is 79.9. The SMILES string of the molecule is Cl.O=C(CC1COCCN1)N1CCc2cccc(Br)c2C1. The van der Waals surface area contributed by atoms with Crippen LogP contribution in [0, 0.1) is 0 Å². The highest BCUT2D eigenvalue weighted by Gasteiger charge is 2.25. The molecule has 2 heterocycles. The highest BCUT2D eigenvalue weighted by Crippen LogP contribution is 2.26. The predicted molar refractivity (Wildman–Crippen MR) is 87.7 cm³/mol. The number of carbonyl (C=O) groups excluding carboxylic acids is 1. The lowest BCUT2D eigenvalue weighted by molar-refractivity contribution is -0.133. The average Bonchev–Trinajstić information content (AvgIpc) is 2.48. The molecule has 1 aromatic rings. The van der Waals surface area contributed by atoms with Gasteiger partial charge in [0.05, 0.1) is 13.2 Å². The van der Waals surface area contributed by atoms with Gasteiger partial charge in [-0.2, -0.15) is 0 Å². The van der Waals surface area contributed by atoms with E-state index in [9.17, 15) is 4.79 Å². The van der Waals surface area contributed by atoms with Gasteiger partial charge in [-0.25, -0.2) is 0 Å². The molecule has 116 valence electrons. The summed E-state index contributed by atoms with van der Waals surface area (Å²) >= 11 is 3.59. The number of amides is 1. The molecule has 1 aromatic carbocycles. The fraction of sp³-hybridized carbons (Fsp3) is 0.533. The van der Waals surface area contributed by atoms with Crippen molar-refractivity contribution in [1.29, 1.82) is 0 Å². The fourth-order valence-corrected chi connectivity index (χ4v) is 3.38. The van der Waals surface area contributed by atoms with Crippen molar-refractivity contribution in [3.05, 3.63) is 33.8 Å². The monoisotopic (exact) mass is 374 g/mol. The van der Waals surface area contributed by atoms with Gasteiger partial charge in [-0.3, -0.25) is 4.79 Å². The summed E-state index contributed by atoms with van der Waals surface area (Å²) in [7, 11) is 0. The van der Waals surface area contributed by atoms with E-state index in [-0.39, 0.29) is 24.4 Å². The van der Waals surface area contributed by atoms with Crippen LogP contribution in [-0.2, 0) is 22.5 Å². The second kappa shape index (κ2) is 7.58. The van der Waals surface area contributed by atoms with Gasteiger partial charge < -0.3 is 15.0 Å². The standard InChI is InChI=1S/C15H19BrN2O2.ClH/c16-14-3-1-2-11-4-6-18(9-13(11)14)15(19)8-12-10-20-7-5-17-12;/h1-3,12,17H,4-10H2;1H. The van der Waals surface area contributed by atoms with Crippen molar-refractivity contribution in [2.45, 2.75) is 25.4 Å². The predicted octanol–water partition coefficient (Wildman–Crippen LogP) is 2.13. The average molecular weight is 376 g/mol. The molecule has 2 aliphatic heterocycles. The molecule has 0 spiro atoms. The van der Waals surface area contributed by atoms with Gasteiger partial charge in [0, 0.05) is 36.6 Å². The van der Waals surface area contributed by atoms with Gasteiger partial charge in [0.15, 0.2) is 0 Å². The topological polar surface area (TPSA) is 41.6 Å². The Morgan fingerprint density at radius 1 is 1.48 bits per heavy atom. The molecule has 0 saturated carbocycles. The normalized spacial score (nSPS) is 21.4. The van der Waals surface area contributed by atoms with Crippen LogP contribution in [0.15, 0.2) is 22.7 Å². The molecule has 0 radical (unpaired) electrons. The minimum Gasteiger partial charge on any atom is -0.378 e. The Hall–Kier alpha value is -0.620. The third-order valence-corrected chi connectivity index (χ3v) is 4.73. The molecule has 0 aliphatic carbocycles. The molecule has 2 aliphatic rings. The van der Waals surface area contributed by atoms with Crippen molar-refractivity contribution in [2.75, 3.05) is 26.3 Å². The minimum atomic E-state index is 0. The van der Waals surface area contributed by atoms with E-state index < -0.39 is 0 Å². The first-order valence-electron chi connectivity index (χ1n) is 7.09. The largest absolute Gasteiger partial charge is 0.378 e. The first-order chi connectivity index (χ1) is 9.74. The number of carbonyl (C=O) groups is 1. The van der Waals surface area contributed by atoms with Crippen molar-refractivity contribution in [3.8, 4) is 0 Å². The molecule has 1 atom stereocenters. The number of fused-ring (bicyclic) bond motifs is 1. The van der Waals surface area contributed by atoms with E-state index >= 15 is 0 Å². The summed E-state index contributed by atoms with van der Waals surface area (Å²) in [4.78, 5) is 14.4. The van der Waals surface area contributed by atoms with E-state index in [1.165, 1.54) is 11.1 Å². The van der Waals surface area contributed by atoms with Crippen LogP contribution in [0.4, 0.5) is 0 Å². The second-order valence-corrected chi connectivity index (χ2v) is 6.23. The Balaban J connectivity index is 0.00000161. The zero-order valence-corrected chi connectivity index (χ0v) is 14.2.